The van der Waals surface area contributed by atoms with Gasteiger partial charge in [-0.2, -0.15) is 15.3 Å². The van der Waals surface area contributed by atoms with E-state index in [0.717, 1.165) is 119 Å². The molecule has 0 aliphatic heterocycles. The molecule has 3 heterocycles. The van der Waals surface area contributed by atoms with Crippen molar-refractivity contribution in [1.82, 2.24) is 66.1 Å². The highest BCUT2D eigenvalue weighted by Gasteiger charge is 2.25. The molecule has 18 heteroatoms. The fraction of sp³-hybridized carbons (Fsp3) is 0.464. The van der Waals surface area contributed by atoms with Crippen LogP contribution < -0.4 is 31.5 Å². The second-order valence-corrected chi connectivity index (χ2v) is 20.2. The largest absolute Gasteiger partial charge is 0.351 e. The number of hydrogen-bond acceptors (Lipinski definition) is 12. The molecule has 3 aromatic carbocycles. The van der Waals surface area contributed by atoms with Crippen molar-refractivity contribution < 1.29 is 14.4 Å². The van der Waals surface area contributed by atoms with Crippen molar-refractivity contribution in [3.05, 3.63) is 113 Å². The van der Waals surface area contributed by atoms with Crippen molar-refractivity contribution in [2.24, 2.45) is 11.8 Å². The number of nitrogens with zero attached hydrogens (tertiary/aromatic N) is 8. The lowest BCUT2D eigenvalue weighted by molar-refractivity contribution is -0.122. The zero-order valence-corrected chi connectivity index (χ0v) is 45.6. The summed E-state index contributed by atoms with van der Waals surface area (Å²) in [4.78, 5) is 48.3. The Morgan fingerprint density at radius 3 is 1.85 bits per heavy atom. The quantitative estimate of drug-likeness (QED) is 0.0314. The minimum Gasteiger partial charge on any atom is -0.351 e. The third-order valence-corrected chi connectivity index (χ3v) is 13.3. The Hall–Kier alpha value is -6.54. The maximum Gasteiger partial charge on any atom is 0.229 e. The molecule has 2 unspecified atom stereocenters. The van der Waals surface area contributed by atoms with Gasteiger partial charge in [-0.3, -0.25) is 29.3 Å². The molecule has 6 rings (SSSR count). The van der Waals surface area contributed by atoms with E-state index in [0.29, 0.717) is 26.1 Å². The average Bonchev–Trinajstić information content (AvgIpc) is 4.12. The van der Waals surface area contributed by atoms with Crippen molar-refractivity contribution in [3.63, 3.8) is 0 Å². The van der Waals surface area contributed by atoms with Crippen molar-refractivity contribution in [1.29, 1.82) is 0 Å². The number of likely N-dealkylation sites (N-methyl/N-ethyl adjacent to an activating group) is 6. The highest BCUT2D eigenvalue weighted by atomic mass is 16.2. The average molecular weight is 1010 g/mol. The predicted octanol–water partition coefficient (Wildman–Crippen LogP) is 5.47. The van der Waals surface area contributed by atoms with E-state index in [1.165, 1.54) is 0 Å². The molecule has 18 nitrogen and oxygen atoms in total. The van der Waals surface area contributed by atoms with Crippen molar-refractivity contribution in [2.45, 2.75) is 72.8 Å². The number of rotatable bonds is 29. The summed E-state index contributed by atoms with van der Waals surface area (Å²) in [5.41, 5.74) is 12.2. The molecule has 0 radical (unpaired) electrons. The van der Waals surface area contributed by atoms with Crippen LogP contribution in [-0.4, -0.2) is 157 Å². The van der Waals surface area contributed by atoms with E-state index in [-0.39, 0.29) is 42.0 Å². The number of carbonyl (C=O) groups excluding carboxylic acids is 3. The van der Waals surface area contributed by atoms with E-state index in [2.05, 4.69) is 83.9 Å². The SMILES string of the molecule is CNCCN(C)Cc1cn(CC(C)NC(=O)Cc2ccc(-c3[nH]ncc3CN(C)CCNC)cc2)nc1-c1ccc(N(C)C(=O)C(C)Cc2[nH]nc(-c3ccc(NC(=O)C(C)C)cc3)c2CN(C)CCNC)cc1. The van der Waals surface area contributed by atoms with Crippen LogP contribution >= 0.6 is 0 Å². The van der Waals surface area contributed by atoms with E-state index in [1.54, 1.807) is 4.90 Å². The van der Waals surface area contributed by atoms with Crippen LogP contribution in [0.2, 0.25) is 0 Å². The Bertz CT molecular complexity index is 2690. The summed E-state index contributed by atoms with van der Waals surface area (Å²) in [6.07, 6.45) is 4.70. The van der Waals surface area contributed by atoms with E-state index in [9.17, 15) is 14.4 Å². The molecule has 3 aromatic heterocycles. The second-order valence-electron chi connectivity index (χ2n) is 20.2. The molecule has 398 valence electrons. The van der Waals surface area contributed by atoms with E-state index in [1.807, 2.05) is 140 Å². The van der Waals surface area contributed by atoms with Crippen LogP contribution in [0.15, 0.2) is 85.2 Å². The van der Waals surface area contributed by atoms with Crippen molar-refractivity contribution >= 4 is 29.1 Å². The third-order valence-electron chi connectivity index (χ3n) is 13.3. The summed E-state index contributed by atoms with van der Waals surface area (Å²) in [6.45, 7) is 15.5. The topological polar surface area (TPSA) is 200 Å². The standard InChI is InChI=1S/C56H81N15O3/c1-38(2)55(73)62-47-20-16-44(17-21-47)54-49(37-69(10)29-26-59-7)50(63-65-54)30-39(3)56(74)70(11)48-22-18-43(19-23-48)53-46(35-68(9)28-25-58-6)36-71(66-53)33-40(4)61-51(72)31-41-12-14-42(15-13-41)52-45(32-60-64-52)34-67(8)27-24-57-5/h12-23,32,36,38-40,57-59H,24-31,33-35,37H2,1-11H3,(H,60,64)(H,61,72)(H,62,73)(H,63,65). The van der Waals surface area contributed by atoms with Gasteiger partial charge in [-0.1, -0.05) is 69.3 Å². The van der Waals surface area contributed by atoms with Gasteiger partial charge in [0, 0.05) is 141 Å². The first-order valence-electron chi connectivity index (χ1n) is 25.9. The lowest BCUT2D eigenvalue weighted by Gasteiger charge is -2.23. The van der Waals surface area contributed by atoms with E-state index >= 15 is 0 Å². The van der Waals surface area contributed by atoms with Crippen LogP contribution in [0.3, 0.4) is 0 Å². The summed E-state index contributed by atoms with van der Waals surface area (Å²) in [7, 11) is 14.0. The number of H-pyrrole nitrogens is 2. The lowest BCUT2D eigenvalue weighted by Crippen LogP contribution is -2.36. The molecular weight excluding hydrogens is 931 g/mol. The van der Waals surface area contributed by atoms with Gasteiger partial charge in [-0.25, -0.2) is 0 Å². The van der Waals surface area contributed by atoms with E-state index < -0.39 is 0 Å². The number of carbonyl (C=O) groups is 3. The fourth-order valence-corrected chi connectivity index (χ4v) is 8.89. The van der Waals surface area contributed by atoms with Gasteiger partial charge in [0.25, 0.3) is 0 Å². The monoisotopic (exact) mass is 1010 g/mol. The minimum absolute atomic E-state index is 0.0134. The molecule has 6 aromatic rings. The maximum atomic E-state index is 14.2. The number of aromatic amines is 2. The fourth-order valence-electron chi connectivity index (χ4n) is 8.89. The number of benzene rings is 3. The molecule has 0 aliphatic carbocycles. The molecule has 0 aliphatic rings. The maximum absolute atomic E-state index is 14.2. The molecule has 0 fully saturated rings. The highest BCUT2D eigenvalue weighted by Crippen LogP contribution is 2.30. The highest BCUT2D eigenvalue weighted by molar-refractivity contribution is 5.95. The van der Waals surface area contributed by atoms with Crippen LogP contribution in [0.25, 0.3) is 33.8 Å². The van der Waals surface area contributed by atoms with Crippen molar-refractivity contribution in [3.8, 4) is 33.8 Å². The molecule has 0 bridgehead atoms. The number of amides is 3. The summed E-state index contributed by atoms with van der Waals surface area (Å²) in [5.74, 6) is -0.578. The van der Waals surface area contributed by atoms with Crippen LogP contribution in [0, 0.1) is 11.8 Å². The first kappa shape index (κ1) is 56.8. The summed E-state index contributed by atoms with van der Waals surface area (Å²) in [5, 5.41) is 36.4. The smallest absolute Gasteiger partial charge is 0.229 e. The number of hydrogen-bond donors (Lipinski definition) is 7. The first-order chi connectivity index (χ1) is 35.6. The normalized spacial score (nSPS) is 12.5. The summed E-state index contributed by atoms with van der Waals surface area (Å²) < 4.78 is 1.93. The van der Waals surface area contributed by atoms with Gasteiger partial charge in [0.15, 0.2) is 0 Å². The molecule has 7 N–H and O–H groups in total. The molecule has 3 amide bonds. The molecule has 0 saturated heterocycles. The van der Waals surface area contributed by atoms with Crippen molar-refractivity contribution in [2.75, 3.05) is 98.8 Å². The number of nitrogens with one attached hydrogen (secondary N) is 7. The summed E-state index contributed by atoms with van der Waals surface area (Å²) >= 11 is 0. The Labute approximate surface area is 438 Å². The van der Waals surface area contributed by atoms with Crippen LogP contribution in [0.1, 0.15) is 55.6 Å². The molecule has 74 heavy (non-hydrogen) atoms. The Morgan fingerprint density at radius 2 is 1.24 bits per heavy atom. The number of anilines is 2. The molecule has 2 atom stereocenters. The Balaban J connectivity index is 1.11. The van der Waals surface area contributed by atoms with Crippen LogP contribution in [-0.2, 0) is 53.4 Å². The minimum atomic E-state index is -0.353. The van der Waals surface area contributed by atoms with Gasteiger partial charge in [0.2, 0.25) is 17.7 Å². The Kier molecular flexibility index (Phi) is 21.2. The molecule has 0 saturated carbocycles. The number of aromatic nitrogens is 6. The van der Waals surface area contributed by atoms with Gasteiger partial charge in [-0.05, 0) is 84.6 Å². The van der Waals surface area contributed by atoms with Crippen LogP contribution in [0.4, 0.5) is 11.4 Å². The Morgan fingerprint density at radius 1 is 0.676 bits per heavy atom. The molecular formula is C56H81N15O3. The van der Waals surface area contributed by atoms with Gasteiger partial charge < -0.3 is 46.2 Å². The third kappa shape index (κ3) is 16.0. The van der Waals surface area contributed by atoms with Gasteiger partial charge >= 0.3 is 0 Å². The zero-order chi connectivity index (χ0) is 53.3. The summed E-state index contributed by atoms with van der Waals surface area (Å²) in [6, 6.07) is 23.7. The zero-order valence-electron chi connectivity index (χ0n) is 45.6. The van der Waals surface area contributed by atoms with Gasteiger partial charge in [0.05, 0.1) is 36.2 Å². The van der Waals surface area contributed by atoms with E-state index in [4.69, 9.17) is 10.2 Å². The second kappa shape index (κ2) is 27.7. The first-order valence-corrected chi connectivity index (χ1v) is 25.9. The molecule has 0 spiro atoms. The van der Waals surface area contributed by atoms with Crippen LogP contribution in [0.5, 0.6) is 0 Å². The van der Waals surface area contributed by atoms with Gasteiger partial charge in [0.1, 0.15) is 0 Å². The van der Waals surface area contributed by atoms with Gasteiger partial charge in [-0.15, -0.1) is 0 Å². The lowest BCUT2D eigenvalue weighted by atomic mass is 9.97. The predicted molar refractivity (Wildman–Crippen MR) is 298 cm³/mol.